The molecule has 3 N–H and O–H groups in total. The van der Waals surface area contributed by atoms with E-state index in [1.165, 1.54) is 12.8 Å². The first-order valence-electron chi connectivity index (χ1n) is 10.7. The van der Waals surface area contributed by atoms with Crippen LogP contribution in [0.4, 0.5) is 17.5 Å². The van der Waals surface area contributed by atoms with Crippen LogP contribution in [0.3, 0.4) is 0 Å². The van der Waals surface area contributed by atoms with Gasteiger partial charge in [-0.3, -0.25) is 4.79 Å². The van der Waals surface area contributed by atoms with Crippen molar-refractivity contribution >= 4 is 45.2 Å². The van der Waals surface area contributed by atoms with Gasteiger partial charge in [-0.05, 0) is 49.9 Å². The minimum atomic E-state index is -0.160. The zero-order valence-electron chi connectivity index (χ0n) is 16.9. The maximum atomic E-state index is 12.8. The predicted octanol–water partition coefficient (Wildman–Crippen LogP) is 4.58. The van der Waals surface area contributed by atoms with Crippen LogP contribution in [0.5, 0.6) is 0 Å². The van der Waals surface area contributed by atoms with E-state index in [-0.39, 0.29) is 5.91 Å². The van der Waals surface area contributed by atoms with Crippen LogP contribution in [0.1, 0.15) is 36.0 Å². The molecule has 7 nitrogen and oxygen atoms in total. The summed E-state index contributed by atoms with van der Waals surface area (Å²) in [6.07, 6.45) is 6.47. The predicted molar refractivity (Wildman–Crippen MR) is 123 cm³/mol. The summed E-state index contributed by atoms with van der Waals surface area (Å²) in [5.74, 6) is 1.24. The molecule has 0 spiro atoms. The molecule has 2 saturated carbocycles. The molecule has 2 aliphatic carbocycles. The van der Waals surface area contributed by atoms with Gasteiger partial charge in [0.15, 0.2) is 5.82 Å². The van der Waals surface area contributed by atoms with E-state index in [1.54, 1.807) is 0 Å². The van der Waals surface area contributed by atoms with Gasteiger partial charge in [0.05, 0.1) is 5.52 Å². The third kappa shape index (κ3) is 3.74. The Hall–Kier alpha value is -3.74. The average Bonchev–Trinajstić information content (AvgIpc) is 3.71. The molecule has 2 fully saturated rings. The number of hydrogen-bond acceptors (Lipinski definition) is 6. The molecule has 2 heterocycles. The molecular weight excluding hydrogens is 388 g/mol. The van der Waals surface area contributed by atoms with Gasteiger partial charge in [0, 0.05) is 40.3 Å². The fraction of sp³-hybridized carbons (Fsp3) is 0.250. The highest BCUT2D eigenvalue weighted by atomic mass is 16.1. The smallest absolute Gasteiger partial charge is 0.255 e. The Kier molecular flexibility index (Phi) is 4.19. The third-order valence-electron chi connectivity index (χ3n) is 5.66. The first-order chi connectivity index (χ1) is 15.2. The van der Waals surface area contributed by atoms with Gasteiger partial charge in [0.25, 0.3) is 5.91 Å². The van der Waals surface area contributed by atoms with Gasteiger partial charge < -0.3 is 16.0 Å². The molecule has 0 saturated heterocycles. The normalized spacial score (nSPS) is 15.7. The van der Waals surface area contributed by atoms with Crippen molar-refractivity contribution in [2.24, 2.45) is 0 Å². The Morgan fingerprint density at radius 1 is 0.871 bits per heavy atom. The highest BCUT2D eigenvalue weighted by molar-refractivity contribution is 6.12. The van der Waals surface area contributed by atoms with E-state index in [4.69, 9.17) is 9.97 Å². The van der Waals surface area contributed by atoms with E-state index in [2.05, 4.69) is 20.9 Å². The third-order valence-corrected chi connectivity index (χ3v) is 5.66. The van der Waals surface area contributed by atoms with E-state index >= 15 is 0 Å². The molecule has 0 bridgehead atoms. The molecule has 0 aliphatic heterocycles. The maximum absolute atomic E-state index is 12.8. The van der Waals surface area contributed by atoms with Crippen molar-refractivity contribution in [2.45, 2.75) is 37.8 Å². The van der Waals surface area contributed by atoms with Crippen LogP contribution < -0.4 is 16.0 Å². The molecule has 2 aliphatic rings. The fourth-order valence-corrected chi connectivity index (χ4v) is 3.65. The number of nitrogens with zero attached hydrogens (tertiary/aromatic N) is 3. The number of carbonyl (C=O) groups is 1. The number of amides is 1. The Balaban J connectivity index is 1.41. The van der Waals surface area contributed by atoms with Gasteiger partial charge in [-0.2, -0.15) is 0 Å². The summed E-state index contributed by atoms with van der Waals surface area (Å²) in [6, 6.07) is 16.0. The van der Waals surface area contributed by atoms with Crippen LogP contribution in [-0.2, 0) is 0 Å². The van der Waals surface area contributed by atoms with E-state index < -0.39 is 0 Å². The number of carbonyl (C=O) groups excluding carboxylic acids is 1. The lowest BCUT2D eigenvalue weighted by molar-refractivity contribution is 0.102. The number of rotatable bonds is 6. The molecule has 154 valence electrons. The molecule has 4 aromatic rings. The molecule has 0 atom stereocenters. The van der Waals surface area contributed by atoms with Crippen LogP contribution >= 0.6 is 0 Å². The van der Waals surface area contributed by atoms with E-state index in [0.717, 1.165) is 46.2 Å². The van der Waals surface area contributed by atoms with Crippen molar-refractivity contribution in [3.05, 3.63) is 60.3 Å². The summed E-state index contributed by atoms with van der Waals surface area (Å²) >= 11 is 0. The van der Waals surface area contributed by atoms with Crippen LogP contribution in [0.25, 0.3) is 21.8 Å². The van der Waals surface area contributed by atoms with Crippen LogP contribution in [0.15, 0.2) is 54.7 Å². The summed E-state index contributed by atoms with van der Waals surface area (Å²) in [6.45, 7) is 0. The van der Waals surface area contributed by atoms with Crippen LogP contribution in [0, 0.1) is 0 Å². The van der Waals surface area contributed by atoms with E-state index in [0.29, 0.717) is 23.6 Å². The van der Waals surface area contributed by atoms with Gasteiger partial charge >= 0.3 is 0 Å². The number of nitrogens with one attached hydrogen (secondary N) is 3. The number of aromatic nitrogens is 3. The molecule has 0 unspecified atom stereocenters. The Morgan fingerprint density at radius 2 is 1.65 bits per heavy atom. The highest BCUT2D eigenvalue weighted by Crippen LogP contribution is 2.33. The van der Waals surface area contributed by atoms with E-state index in [9.17, 15) is 4.79 Å². The molecule has 2 aromatic heterocycles. The number of fused-ring (bicyclic) bond motifs is 3. The topological polar surface area (TPSA) is 91.8 Å². The lowest BCUT2D eigenvalue weighted by atomic mass is 10.1. The van der Waals surface area contributed by atoms with Gasteiger partial charge in [0.2, 0.25) is 5.95 Å². The lowest BCUT2D eigenvalue weighted by Gasteiger charge is -2.12. The first-order valence-corrected chi connectivity index (χ1v) is 10.7. The van der Waals surface area contributed by atoms with Crippen LogP contribution in [-0.4, -0.2) is 32.9 Å². The summed E-state index contributed by atoms with van der Waals surface area (Å²) < 4.78 is 0. The molecule has 31 heavy (non-hydrogen) atoms. The van der Waals surface area contributed by atoms with Crippen molar-refractivity contribution in [1.82, 2.24) is 15.0 Å². The number of anilines is 3. The van der Waals surface area contributed by atoms with Crippen molar-refractivity contribution in [3.8, 4) is 0 Å². The van der Waals surface area contributed by atoms with Crippen molar-refractivity contribution in [3.63, 3.8) is 0 Å². The molecule has 7 heteroatoms. The summed E-state index contributed by atoms with van der Waals surface area (Å²) in [7, 11) is 0. The minimum absolute atomic E-state index is 0.160. The highest BCUT2D eigenvalue weighted by Gasteiger charge is 2.25. The SMILES string of the molecule is O=C(Nc1ccccc1)c1ccc2c(c1)nc(NC1CC1)c1nc(NC3CC3)ncc12. The number of pyridine rings is 1. The largest absolute Gasteiger partial charge is 0.366 e. The second-order valence-corrected chi connectivity index (χ2v) is 8.31. The summed E-state index contributed by atoms with van der Waals surface area (Å²) in [5.41, 5.74) is 2.90. The molecule has 2 aromatic carbocycles. The quantitative estimate of drug-likeness (QED) is 0.403. The number of hydrogen-bond donors (Lipinski definition) is 3. The summed E-state index contributed by atoms with van der Waals surface area (Å²) in [5, 5.41) is 11.7. The lowest BCUT2D eigenvalue weighted by Crippen LogP contribution is -2.12. The van der Waals surface area contributed by atoms with Gasteiger partial charge in [-0.15, -0.1) is 0 Å². The number of para-hydroxylation sites is 1. The van der Waals surface area contributed by atoms with E-state index in [1.807, 2.05) is 54.7 Å². The second-order valence-electron chi connectivity index (χ2n) is 8.31. The fourth-order valence-electron chi connectivity index (χ4n) is 3.65. The standard InChI is InChI=1S/C24H22N6O/c31-23(27-15-4-2-1-3-5-15)14-6-11-18-19-13-25-24(28-17-9-10-17)30-21(19)22(26-16-7-8-16)29-20(18)12-14/h1-6,11-13,16-17H,7-10H2,(H,26,29)(H,27,31)(H,25,28,30). The van der Waals surface area contributed by atoms with Crippen molar-refractivity contribution < 1.29 is 4.79 Å². The zero-order valence-corrected chi connectivity index (χ0v) is 16.9. The molecule has 1 amide bonds. The van der Waals surface area contributed by atoms with Gasteiger partial charge in [0.1, 0.15) is 5.52 Å². The number of benzene rings is 2. The maximum Gasteiger partial charge on any atom is 0.255 e. The van der Waals surface area contributed by atoms with Crippen molar-refractivity contribution in [2.75, 3.05) is 16.0 Å². The average molecular weight is 410 g/mol. The van der Waals surface area contributed by atoms with Crippen molar-refractivity contribution in [1.29, 1.82) is 0 Å². The monoisotopic (exact) mass is 410 g/mol. The molecular formula is C24H22N6O. The zero-order chi connectivity index (χ0) is 20.8. The van der Waals surface area contributed by atoms with Gasteiger partial charge in [-0.25, -0.2) is 15.0 Å². The molecule has 0 radical (unpaired) electrons. The minimum Gasteiger partial charge on any atom is -0.366 e. The summed E-state index contributed by atoms with van der Waals surface area (Å²) in [4.78, 5) is 26.9. The Labute approximate surface area is 179 Å². The Morgan fingerprint density at radius 3 is 2.42 bits per heavy atom. The van der Waals surface area contributed by atoms with Crippen LogP contribution in [0.2, 0.25) is 0 Å². The van der Waals surface area contributed by atoms with Gasteiger partial charge in [-0.1, -0.05) is 24.3 Å². The Bertz CT molecular complexity index is 1300. The first kappa shape index (κ1) is 18.1. The second kappa shape index (κ2) is 7.19. The molecule has 6 rings (SSSR count).